The zero-order valence-corrected chi connectivity index (χ0v) is 15.1. The van der Waals surface area contributed by atoms with Gasteiger partial charge in [-0.2, -0.15) is 5.26 Å². The highest BCUT2D eigenvalue weighted by Crippen LogP contribution is 2.16. The van der Waals surface area contributed by atoms with E-state index in [2.05, 4.69) is 12.2 Å². The lowest BCUT2D eigenvalue weighted by Gasteiger charge is -2.06. The highest BCUT2D eigenvalue weighted by atomic mass is 16.5. The number of rotatable bonds is 9. The number of benzene rings is 2. The molecule has 2 rings (SSSR count). The molecule has 0 aromatic heterocycles. The first kappa shape index (κ1) is 19.3. The quantitative estimate of drug-likeness (QED) is 0.385. The van der Waals surface area contributed by atoms with Gasteiger partial charge in [-0.15, -0.1) is 0 Å². The fourth-order valence-electron chi connectivity index (χ4n) is 2.41. The molecule has 1 N–H and O–H groups in total. The van der Waals surface area contributed by atoms with Crippen molar-refractivity contribution in [3.8, 4) is 11.8 Å². The predicted molar refractivity (Wildman–Crippen MR) is 105 cm³/mol. The van der Waals surface area contributed by atoms with Crippen molar-refractivity contribution >= 4 is 17.7 Å². The van der Waals surface area contributed by atoms with Crippen LogP contribution in [0.5, 0.6) is 5.75 Å². The van der Waals surface area contributed by atoms with Gasteiger partial charge < -0.3 is 10.1 Å². The van der Waals surface area contributed by atoms with Gasteiger partial charge in [0.25, 0.3) is 5.91 Å². The van der Waals surface area contributed by atoms with E-state index in [-0.39, 0.29) is 5.57 Å². The number of anilines is 1. The van der Waals surface area contributed by atoms with E-state index >= 15 is 0 Å². The number of carbonyl (C=O) groups excluding carboxylic acids is 1. The van der Waals surface area contributed by atoms with Crippen LogP contribution >= 0.6 is 0 Å². The molecule has 2 aromatic carbocycles. The lowest BCUT2D eigenvalue weighted by atomic mass is 10.1. The standard InChI is InChI=1S/C22H24N2O2/c1-2-3-4-8-15-26-21-13-11-18(12-14-21)16-19(17-23)22(25)24-20-9-6-5-7-10-20/h5-7,9-14,16H,2-4,8,15H2,1H3,(H,24,25)/b19-16+. The number of amides is 1. The third-order valence-electron chi connectivity index (χ3n) is 3.85. The predicted octanol–water partition coefficient (Wildman–Crippen LogP) is 5.19. The normalized spacial score (nSPS) is 10.8. The van der Waals surface area contributed by atoms with Crippen molar-refractivity contribution in [1.29, 1.82) is 5.26 Å². The van der Waals surface area contributed by atoms with E-state index in [1.54, 1.807) is 18.2 Å². The van der Waals surface area contributed by atoms with Gasteiger partial charge in [-0.1, -0.05) is 56.5 Å². The number of nitriles is 1. The van der Waals surface area contributed by atoms with E-state index in [4.69, 9.17) is 4.74 Å². The lowest BCUT2D eigenvalue weighted by molar-refractivity contribution is -0.112. The second-order valence-corrected chi connectivity index (χ2v) is 5.97. The molecule has 0 fully saturated rings. The molecule has 0 aliphatic carbocycles. The van der Waals surface area contributed by atoms with Crippen LogP contribution in [0.15, 0.2) is 60.2 Å². The monoisotopic (exact) mass is 348 g/mol. The van der Waals surface area contributed by atoms with Gasteiger partial charge in [-0.05, 0) is 42.3 Å². The summed E-state index contributed by atoms with van der Waals surface area (Å²) in [7, 11) is 0. The minimum absolute atomic E-state index is 0.0575. The lowest BCUT2D eigenvalue weighted by Crippen LogP contribution is -2.13. The van der Waals surface area contributed by atoms with E-state index in [1.807, 2.05) is 48.5 Å². The number of carbonyl (C=O) groups is 1. The SMILES string of the molecule is CCCCCCOc1ccc(/C=C(\C#N)C(=O)Nc2ccccc2)cc1. The highest BCUT2D eigenvalue weighted by Gasteiger charge is 2.09. The van der Waals surface area contributed by atoms with Gasteiger partial charge in [0.15, 0.2) is 0 Å². The molecule has 0 saturated heterocycles. The molecular weight excluding hydrogens is 324 g/mol. The summed E-state index contributed by atoms with van der Waals surface area (Å²) in [5, 5.41) is 12.0. The van der Waals surface area contributed by atoms with Crippen molar-refractivity contribution in [1.82, 2.24) is 0 Å². The average Bonchev–Trinajstić information content (AvgIpc) is 2.67. The van der Waals surface area contributed by atoms with Crippen LogP contribution in [-0.4, -0.2) is 12.5 Å². The van der Waals surface area contributed by atoms with Crippen molar-refractivity contribution < 1.29 is 9.53 Å². The molecule has 0 bridgehead atoms. The number of hydrogen-bond acceptors (Lipinski definition) is 3. The van der Waals surface area contributed by atoms with Crippen molar-refractivity contribution in [2.24, 2.45) is 0 Å². The maximum atomic E-state index is 12.2. The first-order valence-corrected chi connectivity index (χ1v) is 8.94. The maximum Gasteiger partial charge on any atom is 0.266 e. The third kappa shape index (κ3) is 6.45. The Hall–Kier alpha value is -3.06. The molecule has 0 spiro atoms. The summed E-state index contributed by atoms with van der Waals surface area (Å²) in [6.45, 7) is 2.89. The first-order chi connectivity index (χ1) is 12.7. The summed E-state index contributed by atoms with van der Waals surface area (Å²) in [5.41, 5.74) is 1.50. The molecule has 0 aliphatic rings. The molecule has 0 radical (unpaired) electrons. The molecule has 0 atom stereocenters. The first-order valence-electron chi connectivity index (χ1n) is 8.94. The minimum Gasteiger partial charge on any atom is -0.494 e. The molecule has 0 saturated carbocycles. The molecule has 4 nitrogen and oxygen atoms in total. The molecule has 2 aromatic rings. The fraction of sp³-hybridized carbons (Fsp3) is 0.273. The number of nitrogens with one attached hydrogen (secondary N) is 1. The topological polar surface area (TPSA) is 62.1 Å². The smallest absolute Gasteiger partial charge is 0.266 e. The summed E-state index contributed by atoms with van der Waals surface area (Å²) in [5.74, 6) is 0.376. The fourth-order valence-corrected chi connectivity index (χ4v) is 2.41. The zero-order valence-electron chi connectivity index (χ0n) is 15.1. The second-order valence-electron chi connectivity index (χ2n) is 5.97. The van der Waals surface area contributed by atoms with Crippen molar-refractivity contribution in [3.63, 3.8) is 0 Å². The Kier molecular flexibility index (Phi) is 7.95. The van der Waals surface area contributed by atoms with Gasteiger partial charge in [0, 0.05) is 5.69 Å². The number of ether oxygens (including phenoxy) is 1. The van der Waals surface area contributed by atoms with E-state index in [9.17, 15) is 10.1 Å². The Bertz CT molecular complexity index is 759. The Morgan fingerprint density at radius 1 is 1.08 bits per heavy atom. The van der Waals surface area contributed by atoms with Crippen molar-refractivity contribution in [3.05, 3.63) is 65.7 Å². The Morgan fingerprint density at radius 2 is 1.81 bits per heavy atom. The van der Waals surface area contributed by atoms with Gasteiger partial charge >= 0.3 is 0 Å². The largest absolute Gasteiger partial charge is 0.494 e. The summed E-state index contributed by atoms with van der Waals surface area (Å²) in [4.78, 5) is 12.2. The molecule has 4 heteroatoms. The average molecular weight is 348 g/mol. The number of hydrogen-bond donors (Lipinski definition) is 1. The number of nitrogens with zero attached hydrogens (tertiary/aromatic N) is 1. The van der Waals surface area contributed by atoms with Crippen LogP contribution in [0.3, 0.4) is 0 Å². The van der Waals surface area contributed by atoms with E-state index in [0.29, 0.717) is 12.3 Å². The van der Waals surface area contributed by atoms with Gasteiger partial charge in [-0.25, -0.2) is 0 Å². The van der Waals surface area contributed by atoms with Crippen LogP contribution in [0.4, 0.5) is 5.69 Å². The van der Waals surface area contributed by atoms with Crippen molar-refractivity contribution in [2.75, 3.05) is 11.9 Å². The van der Waals surface area contributed by atoms with Gasteiger partial charge in [0.05, 0.1) is 6.61 Å². The third-order valence-corrected chi connectivity index (χ3v) is 3.85. The molecule has 0 aliphatic heterocycles. The molecule has 26 heavy (non-hydrogen) atoms. The molecule has 0 unspecified atom stereocenters. The number of unbranched alkanes of at least 4 members (excludes halogenated alkanes) is 3. The Balaban J connectivity index is 1.93. The number of para-hydroxylation sites is 1. The Morgan fingerprint density at radius 3 is 2.46 bits per heavy atom. The molecular formula is C22H24N2O2. The summed E-state index contributed by atoms with van der Waals surface area (Å²) >= 11 is 0. The van der Waals surface area contributed by atoms with Crippen LogP contribution in [-0.2, 0) is 4.79 Å². The van der Waals surface area contributed by atoms with Gasteiger partial charge in [0.1, 0.15) is 17.4 Å². The van der Waals surface area contributed by atoms with Crippen LogP contribution in [0, 0.1) is 11.3 Å². The second kappa shape index (κ2) is 10.7. The van der Waals surface area contributed by atoms with Crippen LogP contribution in [0.25, 0.3) is 6.08 Å². The Labute approximate surface area is 155 Å². The minimum atomic E-state index is -0.421. The van der Waals surface area contributed by atoms with Gasteiger partial charge in [0.2, 0.25) is 0 Å². The van der Waals surface area contributed by atoms with E-state index in [0.717, 1.165) is 17.7 Å². The molecule has 1 amide bonds. The van der Waals surface area contributed by atoms with Crippen LogP contribution in [0.2, 0.25) is 0 Å². The highest BCUT2D eigenvalue weighted by molar-refractivity contribution is 6.09. The summed E-state index contributed by atoms with van der Waals surface area (Å²) < 4.78 is 5.70. The van der Waals surface area contributed by atoms with Crippen molar-refractivity contribution in [2.45, 2.75) is 32.6 Å². The summed E-state index contributed by atoms with van der Waals surface area (Å²) in [6.07, 6.45) is 6.24. The van der Waals surface area contributed by atoms with Crippen LogP contribution < -0.4 is 10.1 Å². The van der Waals surface area contributed by atoms with Gasteiger partial charge in [-0.3, -0.25) is 4.79 Å². The maximum absolute atomic E-state index is 12.2. The van der Waals surface area contributed by atoms with E-state index in [1.165, 1.54) is 19.3 Å². The molecule has 0 heterocycles. The summed E-state index contributed by atoms with van der Waals surface area (Å²) in [6, 6.07) is 18.4. The molecule has 134 valence electrons. The zero-order chi connectivity index (χ0) is 18.6. The van der Waals surface area contributed by atoms with E-state index < -0.39 is 5.91 Å². The van der Waals surface area contributed by atoms with Crippen LogP contribution in [0.1, 0.15) is 38.2 Å².